The molecule has 450 valence electrons. The van der Waals surface area contributed by atoms with Gasteiger partial charge in [0.25, 0.3) is 0 Å². The molecule has 0 spiro atoms. The Morgan fingerprint density at radius 3 is 1.03 bits per heavy atom. The molecule has 3 N–H and O–H groups in total. The van der Waals surface area contributed by atoms with Crippen molar-refractivity contribution >= 4 is 11.9 Å². The average molecular weight is 1070 g/mol. The zero-order valence-electron chi connectivity index (χ0n) is 51.5. The molecule has 0 bridgehead atoms. The molecule has 0 saturated heterocycles. The summed E-state index contributed by atoms with van der Waals surface area (Å²) in [6.07, 6.45) is 82.1. The molecule has 6 nitrogen and oxygen atoms in total. The molecule has 0 aliphatic rings. The Kier molecular flexibility index (Phi) is 64.4. The number of aliphatic hydroxyl groups is 2. The van der Waals surface area contributed by atoms with Crippen LogP contribution >= 0.6 is 0 Å². The highest BCUT2D eigenvalue weighted by atomic mass is 16.5. The Bertz CT molecular complexity index is 1190. The largest absolute Gasteiger partial charge is 0.466 e. The van der Waals surface area contributed by atoms with Crippen molar-refractivity contribution in [1.29, 1.82) is 0 Å². The molecule has 0 aliphatic heterocycles. The molecular formula is C70H135NO5. The molecule has 0 fully saturated rings. The van der Waals surface area contributed by atoms with Crippen LogP contribution in [0.4, 0.5) is 0 Å². The first kappa shape index (κ1) is 74.3. The van der Waals surface area contributed by atoms with E-state index in [2.05, 4.69) is 43.5 Å². The highest BCUT2D eigenvalue weighted by Gasteiger charge is 2.20. The van der Waals surface area contributed by atoms with Crippen molar-refractivity contribution in [3.05, 3.63) is 24.3 Å². The second-order valence-corrected chi connectivity index (χ2v) is 23.9. The monoisotopic (exact) mass is 1070 g/mol. The summed E-state index contributed by atoms with van der Waals surface area (Å²) in [4.78, 5) is 24.6. The SMILES string of the molecule is CCCCC/C=C\C/C=C\CCCCCCCCCCCC(=O)OCCCCCCCCCCCCCCCCCCCCCCCCCCC(=O)NC(CO)C(O)CCCCCCCCCCCCCCCCCC. The van der Waals surface area contributed by atoms with Crippen LogP contribution in [-0.2, 0) is 14.3 Å². The van der Waals surface area contributed by atoms with Crippen molar-refractivity contribution in [2.75, 3.05) is 13.2 Å². The molecule has 2 unspecified atom stereocenters. The van der Waals surface area contributed by atoms with E-state index < -0.39 is 12.1 Å². The summed E-state index contributed by atoms with van der Waals surface area (Å²) in [5.74, 6) is -0.0182. The number of carbonyl (C=O) groups is 2. The molecule has 0 rings (SSSR count). The van der Waals surface area contributed by atoms with Gasteiger partial charge in [0.05, 0.1) is 25.4 Å². The Morgan fingerprint density at radius 2 is 0.658 bits per heavy atom. The normalized spacial score (nSPS) is 12.6. The van der Waals surface area contributed by atoms with E-state index in [1.165, 1.54) is 302 Å². The molecule has 0 heterocycles. The van der Waals surface area contributed by atoms with Gasteiger partial charge in [-0.05, 0) is 57.8 Å². The topological polar surface area (TPSA) is 95.9 Å². The van der Waals surface area contributed by atoms with Gasteiger partial charge in [0.1, 0.15) is 0 Å². The predicted molar refractivity (Wildman–Crippen MR) is 333 cm³/mol. The standard InChI is InChI=1S/C70H135NO5/c1-3-5-7-9-11-13-15-17-19-21-28-32-36-40-44-48-52-56-60-64-70(75)76-65-61-57-53-49-45-41-37-33-30-27-25-23-22-24-26-29-31-35-39-43-47-51-55-59-63-69(74)71-67(66-72)68(73)62-58-54-50-46-42-38-34-20-18-16-14-12-10-8-6-4-2/h11,13,17,19,67-68,72-73H,3-10,12,14-16,18,20-66H2,1-2H3,(H,71,74)/b13-11-,19-17-. The Labute approximate surface area is 475 Å². The van der Waals surface area contributed by atoms with Gasteiger partial charge in [-0.15, -0.1) is 0 Å². The number of hydrogen-bond acceptors (Lipinski definition) is 5. The Balaban J connectivity index is 3.35. The number of aliphatic hydroxyl groups excluding tert-OH is 2. The van der Waals surface area contributed by atoms with E-state index in [4.69, 9.17) is 4.74 Å². The summed E-state index contributed by atoms with van der Waals surface area (Å²) < 4.78 is 5.51. The van der Waals surface area contributed by atoms with E-state index in [0.717, 1.165) is 51.4 Å². The molecule has 2 atom stereocenters. The van der Waals surface area contributed by atoms with Crippen LogP contribution in [0.25, 0.3) is 0 Å². The van der Waals surface area contributed by atoms with Crippen molar-refractivity contribution in [3.8, 4) is 0 Å². The summed E-state index contributed by atoms with van der Waals surface area (Å²) >= 11 is 0. The number of allylic oxidation sites excluding steroid dienone is 4. The van der Waals surface area contributed by atoms with E-state index in [1.54, 1.807) is 0 Å². The number of ether oxygens (including phenoxy) is 1. The molecule has 0 aromatic carbocycles. The quantitative estimate of drug-likeness (QED) is 0.0320. The molecule has 0 aromatic heterocycles. The van der Waals surface area contributed by atoms with Crippen LogP contribution < -0.4 is 5.32 Å². The molecular weight excluding hydrogens is 935 g/mol. The van der Waals surface area contributed by atoms with Crippen molar-refractivity contribution < 1.29 is 24.5 Å². The second-order valence-electron chi connectivity index (χ2n) is 23.9. The number of carbonyl (C=O) groups excluding carboxylic acids is 2. The number of esters is 1. The molecule has 0 aliphatic carbocycles. The molecule has 1 amide bonds. The first-order valence-electron chi connectivity index (χ1n) is 34.6. The number of rotatable bonds is 65. The Hall–Kier alpha value is -1.66. The van der Waals surface area contributed by atoms with Crippen LogP contribution in [0.5, 0.6) is 0 Å². The van der Waals surface area contributed by atoms with Gasteiger partial charge in [0.15, 0.2) is 0 Å². The first-order chi connectivity index (χ1) is 37.5. The van der Waals surface area contributed by atoms with Crippen molar-refractivity contribution in [3.63, 3.8) is 0 Å². The predicted octanol–water partition coefficient (Wildman–Crippen LogP) is 22.1. The third-order valence-electron chi connectivity index (χ3n) is 16.3. The fourth-order valence-corrected chi connectivity index (χ4v) is 11.0. The molecule has 0 saturated carbocycles. The fourth-order valence-electron chi connectivity index (χ4n) is 11.0. The summed E-state index contributed by atoms with van der Waals surface area (Å²) in [5, 5.41) is 23.3. The minimum absolute atomic E-state index is 0.0125. The lowest BCUT2D eigenvalue weighted by molar-refractivity contribution is -0.143. The number of nitrogens with one attached hydrogen (secondary N) is 1. The summed E-state index contributed by atoms with van der Waals surface area (Å²) in [6.45, 7) is 4.96. The molecule has 0 aromatic rings. The lowest BCUT2D eigenvalue weighted by atomic mass is 10.0. The van der Waals surface area contributed by atoms with E-state index in [0.29, 0.717) is 25.9 Å². The average Bonchev–Trinajstić information content (AvgIpc) is 3.42. The van der Waals surface area contributed by atoms with Gasteiger partial charge in [0, 0.05) is 12.8 Å². The highest BCUT2D eigenvalue weighted by Crippen LogP contribution is 2.19. The number of hydrogen-bond donors (Lipinski definition) is 3. The van der Waals surface area contributed by atoms with Crippen LogP contribution in [0.3, 0.4) is 0 Å². The summed E-state index contributed by atoms with van der Waals surface area (Å²) in [6, 6.07) is -0.540. The van der Waals surface area contributed by atoms with E-state index in [-0.39, 0.29) is 18.5 Å². The fraction of sp³-hybridized carbons (Fsp3) is 0.914. The first-order valence-corrected chi connectivity index (χ1v) is 34.6. The van der Waals surface area contributed by atoms with Crippen LogP contribution in [-0.4, -0.2) is 47.4 Å². The lowest BCUT2D eigenvalue weighted by Crippen LogP contribution is -2.45. The lowest BCUT2D eigenvalue weighted by Gasteiger charge is -2.22. The minimum Gasteiger partial charge on any atom is -0.466 e. The minimum atomic E-state index is -0.663. The zero-order chi connectivity index (χ0) is 55.0. The highest BCUT2D eigenvalue weighted by molar-refractivity contribution is 5.76. The van der Waals surface area contributed by atoms with Crippen molar-refractivity contribution in [2.45, 2.75) is 398 Å². The third kappa shape index (κ3) is 61.6. The van der Waals surface area contributed by atoms with Gasteiger partial charge in [0.2, 0.25) is 5.91 Å². The maximum absolute atomic E-state index is 12.5. The van der Waals surface area contributed by atoms with E-state index >= 15 is 0 Å². The number of amides is 1. The van der Waals surface area contributed by atoms with E-state index in [1.807, 2.05) is 0 Å². The van der Waals surface area contributed by atoms with Gasteiger partial charge < -0.3 is 20.3 Å². The molecule has 76 heavy (non-hydrogen) atoms. The van der Waals surface area contributed by atoms with Crippen LogP contribution in [0.2, 0.25) is 0 Å². The van der Waals surface area contributed by atoms with Crippen LogP contribution in [0.1, 0.15) is 386 Å². The zero-order valence-corrected chi connectivity index (χ0v) is 51.5. The second kappa shape index (κ2) is 65.9. The van der Waals surface area contributed by atoms with Crippen molar-refractivity contribution in [1.82, 2.24) is 5.32 Å². The Morgan fingerprint density at radius 1 is 0.368 bits per heavy atom. The van der Waals surface area contributed by atoms with Gasteiger partial charge in [-0.3, -0.25) is 9.59 Å². The van der Waals surface area contributed by atoms with Gasteiger partial charge in [-0.25, -0.2) is 0 Å². The van der Waals surface area contributed by atoms with E-state index in [9.17, 15) is 19.8 Å². The van der Waals surface area contributed by atoms with Gasteiger partial charge in [-0.1, -0.05) is 340 Å². The maximum atomic E-state index is 12.5. The third-order valence-corrected chi connectivity index (χ3v) is 16.3. The summed E-state index contributed by atoms with van der Waals surface area (Å²) in [7, 11) is 0. The maximum Gasteiger partial charge on any atom is 0.305 e. The van der Waals surface area contributed by atoms with Gasteiger partial charge in [-0.2, -0.15) is 0 Å². The van der Waals surface area contributed by atoms with Gasteiger partial charge >= 0.3 is 5.97 Å². The molecule has 6 heteroatoms. The smallest absolute Gasteiger partial charge is 0.305 e. The summed E-state index contributed by atoms with van der Waals surface area (Å²) in [5.41, 5.74) is 0. The van der Waals surface area contributed by atoms with Crippen LogP contribution in [0.15, 0.2) is 24.3 Å². The van der Waals surface area contributed by atoms with Crippen LogP contribution in [0, 0.1) is 0 Å². The molecule has 0 radical (unpaired) electrons. The van der Waals surface area contributed by atoms with Crippen molar-refractivity contribution in [2.24, 2.45) is 0 Å². The number of unbranched alkanes of at least 4 members (excludes halogenated alkanes) is 50.